The van der Waals surface area contributed by atoms with Crippen LogP contribution in [0.2, 0.25) is 0 Å². The molecular formula is C6H7N2O2. The summed E-state index contributed by atoms with van der Waals surface area (Å²) in [5, 5.41) is 0. The molecule has 0 fully saturated rings. The van der Waals surface area contributed by atoms with Crippen LogP contribution in [-0.2, 0) is 0 Å². The zero-order chi connectivity index (χ0) is 6.69. The molecule has 10 heavy (non-hydrogen) atoms. The number of nitrogens with two attached hydrogens (primary N) is 1. The van der Waals surface area contributed by atoms with Crippen molar-refractivity contribution in [2.75, 3.05) is 0 Å². The minimum absolute atomic E-state index is 0. The van der Waals surface area contributed by atoms with Gasteiger partial charge in [0.2, 0.25) is 5.91 Å². The van der Waals surface area contributed by atoms with Gasteiger partial charge in [-0.1, -0.05) is 0 Å². The molecule has 1 amide bonds. The van der Waals surface area contributed by atoms with Gasteiger partial charge in [-0.3, -0.25) is 15.3 Å². The fraction of sp³-hybridized carbons (Fsp3) is 0. The average Bonchev–Trinajstić information content (AvgIpc) is 1.90. The Morgan fingerprint density at radius 2 is 2.30 bits per heavy atom. The van der Waals surface area contributed by atoms with Crippen molar-refractivity contribution in [3.8, 4) is 0 Å². The first-order valence-electron chi connectivity index (χ1n) is 2.50. The number of aromatic nitrogens is 1. The van der Waals surface area contributed by atoms with E-state index in [1.54, 1.807) is 18.3 Å². The lowest BCUT2D eigenvalue weighted by molar-refractivity contribution is 0.1000. The van der Waals surface area contributed by atoms with Crippen molar-refractivity contribution in [3.05, 3.63) is 30.1 Å². The largest absolute Gasteiger partial charge is 0.366 e. The van der Waals surface area contributed by atoms with Crippen LogP contribution in [0.15, 0.2) is 24.5 Å². The van der Waals surface area contributed by atoms with Gasteiger partial charge in [0.1, 0.15) is 0 Å². The van der Waals surface area contributed by atoms with Gasteiger partial charge in [-0.05, 0) is 12.1 Å². The van der Waals surface area contributed by atoms with Gasteiger partial charge >= 0.3 is 0 Å². The summed E-state index contributed by atoms with van der Waals surface area (Å²) >= 11 is 0. The fourth-order valence-electron chi connectivity index (χ4n) is 0.509. The summed E-state index contributed by atoms with van der Waals surface area (Å²) in [4.78, 5) is 14.1. The molecule has 3 N–H and O–H groups in total. The van der Waals surface area contributed by atoms with Crippen LogP contribution in [0.4, 0.5) is 0 Å². The summed E-state index contributed by atoms with van der Waals surface area (Å²) in [6.45, 7) is 0. The van der Waals surface area contributed by atoms with E-state index in [0.717, 1.165) is 0 Å². The first-order valence-corrected chi connectivity index (χ1v) is 2.50. The highest BCUT2D eigenvalue weighted by atomic mass is 16.1. The minimum atomic E-state index is -0.442. The average molecular weight is 139 g/mol. The first-order chi connectivity index (χ1) is 4.30. The molecular weight excluding hydrogens is 132 g/mol. The molecule has 1 aromatic heterocycles. The predicted octanol–water partition coefficient (Wildman–Crippen LogP) is 0.00370. The smallest absolute Gasteiger partial charge is 0.250 e. The van der Waals surface area contributed by atoms with Gasteiger partial charge in [0.05, 0.1) is 5.56 Å². The molecule has 0 aromatic carbocycles. The third-order valence-corrected chi connectivity index (χ3v) is 0.946. The molecule has 1 radical (unpaired) electrons. The fourth-order valence-corrected chi connectivity index (χ4v) is 0.509. The summed E-state index contributed by atoms with van der Waals surface area (Å²) in [6, 6.07) is 3.29. The number of pyridine rings is 1. The molecule has 0 bridgehead atoms. The van der Waals surface area contributed by atoms with Crippen molar-refractivity contribution in [3.63, 3.8) is 0 Å². The molecule has 4 nitrogen and oxygen atoms in total. The van der Waals surface area contributed by atoms with Gasteiger partial charge in [0.15, 0.2) is 0 Å². The highest BCUT2D eigenvalue weighted by Gasteiger charge is 1.94. The second-order valence-corrected chi connectivity index (χ2v) is 1.61. The van der Waals surface area contributed by atoms with Crippen molar-refractivity contribution in [2.45, 2.75) is 0 Å². The van der Waals surface area contributed by atoms with E-state index in [1.165, 1.54) is 6.20 Å². The molecule has 0 aliphatic heterocycles. The highest BCUT2D eigenvalue weighted by molar-refractivity contribution is 5.92. The summed E-state index contributed by atoms with van der Waals surface area (Å²) in [7, 11) is 0. The van der Waals surface area contributed by atoms with Crippen molar-refractivity contribution in [1.82, 2.24) is 4.98 Å². The van der Waals surface area contributed by atoms with Crippen LogP contribution in [0.5, 0.6) is 0 Å². The number of hydrogen-bond acceptors (Lipinski definition) is 2. The van der Waals surface area contributed by atoms with E-state index in [2.05, 4.69) is 4.98 Å². The van der Waals surface area contributed by atoms with Crippen LogP contribution in [0.1, 0.15) is 10.4 Å². The van der Waals surface area contributed by atoms with Gasteiger partial charge in [0.25, 0.3) is 0 Å². The first kappa shape index (κ1) is 8.58. The highest BCUT2D eigenvalue weighted by Crippen LogP contribution is 1.91. The van der Waals surface area contributed by atoms with Crippen LogP contribution in [-0.4, -0.2) is 16.4 Å². The van der Waals surface area contributed by atoms with E-state index in [0.29, 0.717) is 5.56 Å². The van der Waals surface area contributed by atoms with Crippen LogP contribution >= 0.6 is 0 Å². The lowest BCUT2D eigenvalue weighted by atomic mass is 10.3. The van der Waals surface area contributed by atoms with E-state index in [4.69, 9.17) is 5.73 Å². The summed E-state index contributed by atoms with van der Waals surface area (Å²) < 4.78 is 0. The lowest BCUT2D eigenvalue weighted by Crippen LogP contribution is -2.10. The molecule has 4 heteroatoms. The van der Waals surface area contributed by atoms with Gasteiger partial charge in [-0.2, -0.15) is 0 Å². The maximum atomic E-state index is 10.4. The Hall–Kier alpha value is -1.42. The quantitative estimate of drug-likeness (QED) is 0.573. The third kappa shape index (κ3) is 1.83. The van der Waals surface area contributed by atoms with E-state index in [1.807, 2.05) is 0 Å². The van der Waals surface area contributed by atoms with E-state index in [-0.39, 0.29) is 5.48 Å². The molecule has 0 saturated heterocycles. The SMILES string of the molecule is NC(=O)c1cccnc1.[OH]. The monoisotopic (exact) mass is 139 g/mol. The summed E-state index contributed by atoms with van der Waals surface area (Å²) in [5.74, 6) is -0.442. The number of carbonyl (C=O) groups is 1. The van der Waals surface area contributed by atoms with Gasteiger partial charge in [0, 0.05) is 12.4 Å². The number of nitrogens with zero attached hydrogens (tertiary/aromatic N) is 1. The predicted molar refractivity (Wildman–Crippen MR) is 34.7 cm³/mol. The lowest BCUT2D eigenvalue weighted by Gasteiger charge is -1.88. The van der Waals surface area contributed by atoms with E-state index < -0.39 is 5.91 Å². The van der Waals surface area contributed by atoms with Crippen LogP contribution in [0, 0.1) is 0 Å². The number of amides is 1. The maximum Gasteiger partial charge on any atom is 0.250 e. The molecule has 0 spiro atoms. The number of rotatable bonds is 1. The Morgan fingerprint density at radius 3 is 2.60 bits per heavy atom. The van der Waals surface area contributed by atoms with Crippen LogP contribution < -0.4 is 5.73 Å². The number of primary amides is 1. The zero-order valence-electron chi connectivity index (χ0n) is 5.19. The van der Waals surface area contributed by atoms with Crippen LogP contribution in [0.25, 0.3) is 0 Å². The molecule has 0 saturated carbocycles. The zero-order valence-corrected chi connectivity index (χ0v) is 5.19. The Kier molecular flexibility index (Phi) is 3.07. The summed E-state index contributed by atoms with van der Waals surface area (Å²) in [5.41, 5.74) is 5.38. The number of hydrogen-bond donors (Lipinski definition) is 2. The van der Waals surface area contributed by atoms with E-state index in [9.17, 15) is 4.79 Å². The third-order valence-electron chi connectivity index (χ3n) is 0.946. The van der Waals surface area contributed by atoms with Gasteiger partial charge < -0.3 is 5.73 Å². The van der Waals surface area contributed by atoms with Crippen molar-refractivity contribution in [1.29, 1.82) is 0 Å². The summed E-state index contributed by atoms with van der Waals surface area (Å²) in [6.07, 6.45) is 3.02. The Bertz CT molecular complexity index is 210. The molecule has 1 aromatic rings. The molecule has 1 heterocycles. The molecule has 0 unspecified atom stereocenters. The Labute approximate surface area is 58.0 Å². The molecule has 0 aliphatic carbocycles. The van der Waals surface area contributed by atoms with E-state index >= 15 is 0 Å². The van der Waals surface area contributed by atoms with Crippen molar-refractivity contribution >= 4 is 5.91 Å². The molecule has 0 aliphatic rings. The maximum absolute atomic E-state index is 10.4. The standard InChI is InChI=1S/C6H6N2O.HO/c7-6(9)5-2-1-3-8-4-5;/h1-4H,(H2,7,9);1H. The van der Waals surface area contributed by atoms with Gasteiger partial charge in [-0.15, -0.1) is 0 Å². The molecule has 0 atom stereocenters. The minimum Gasteiger partial charge on any atom is -0.366 e. The van der Waals surface area contributed by atoms with Crippen molar-refractivity contribution in [2.24, 2.45) is 5.73 Å². The second kappa shape index (κ2) is 3.58. The molecule has 53 valence electrons. The van der Waals surface area contributed by atoms with Gasteiger partial charge in [-0.25, -0.2) is 0 Å². The number of carbonyl (C=O) groups excluding carboxylic acids is 1. The Morgan fingerprint density at radius 1 is 1.60 bits per heavy atom. The van der Waals surface area contributed by atoms with Crippen molar-refractivity contribution < 1.29 is 10.3 Å². The molecule has 1 rings (SSSR count). The van der Waals surface area contributed by atoms with Crippen LogP contribution in [0.3, 0.4) is 0 Å². The second-order valence-electron chi connectivity index (χ2n) is 1.61. The topological polar surface area (TPSA) is 86.0 Å². The normalized spacial score (nSPS) is 8.00. The Balaban J connectivity index is 0.000000810.